The van der Waals surface area contributed by atoms with E-state index in [1.165, 1.54) is 36.4 Å². The van der Waals surface area contributed by atoms with E-state index in [0.29, 0.717) is 16.7 Å². The average Bonchev–Trinajstić information content (AvgIpc) is 2.56. The predicted octanol–water partition coefficient (Wildman–Crippen LogP) is 4.65. The van der Waals surface area contributed by atoms with Gasteiger partial charge in [-0.05, 0) is 31.2 Å². The number of alkyl halides is 3. The summed E-state index contributed by atoms with van der Waals surface area (Å²) in [6.07, 6.45) is -5.16. The lowest BCUT2D eigenvalue weighted by Gasteiger charge is -2.25. The molecule has 0 aliphatic rings. The minimum absolute atomic E-state index is 0.0927. The second-order valence-electron chi connectivity index (χ2n) is 5.49. The van der Waals surface area contributed by atoms with Gasteiger partial charge in [0.15, 0.2) is 0 Å². The fourth-order valence-electron chi connectivity index (χ4n) is 1.85. The number of hydrogen-bond acceptors (Lipinski definition) is 5. The van der Waals surface area contributed by atoms with Gasteiger partial charge < -0.3 is 10.4 Å². The van der Waals surface area contributed by atoms with Crippen LogP contribution in [0.3, 0.4) is 0 Å². The van der Waals surface area contributed by atoms with Crippen molar-refractivity contribution in [3.8, 4) is 0 Å². The molecule has 0 radical (unpaired) electrons. The van der Waals surface area contributed by atoms with Crippen LogP contribution < -0.4 is 5.32 Å². The Morgan fingerprint density at radius 1 is 1.26 bits per heavy atom. The third-order valence-corrected chi connectivity index (χ3v) is 4.84. The SMILES string of the molecule is CC(O)(C(=O)Nc1ccc(Sc2ccccc2[N+](=O)[O-])cc1Cl)C(F)(F)F. The molecule has 0 heterocycles. The summed E-state index contributed by atoms with van der Waals surface area (Å²) < 4.78 is 38.1. The Bertz CT molecular complexity index is 890. The van der Waals surface area contributed by atoms with Crippen molar-refractivity contribution in [1.29, 1.82) is 0 Å². The normalized spacial score (nSPS) is 13.7. The maximum absolute atomic E-state index is 12.7. The van der Waals surface area contributed by atoms with Crippen LogP contribution >= 0.6 is 23.4 Å². The Labute approximate surface area is 160 Å². The molecule has 1 amide bonds. The van der Waals surface area contributed by atoms with Gasteiger partial charge >= 0.3 is 6.18 Å². The van der Waals surface area contributed by atoms with Crippen molar-refractivity contribution in [3.63, 3.8) is 0 Å². The summed E-state index contributed by atoms with van der Waals surface area (Å²) in [5, 5.41) is 22.2. The number of halogens is 4. The molecular weight excluding hydrogens is 409 g/mol. The molecule has 0 bridgehead atoms. The fraction of sp³-hybridized carbons (Fsp3) is 0.188. The minimum Gasteiger partial charge on any atom is -0.373 e. The largest absolute Gasteiger partial charge is 0.426 e. The van der Waals surface area contributed by atoms with Gasteiger partial charge in [0.1, 0.15) is 0 Å². The molecule has 0 fully saturated rings. The first-order valence-corrected chi connectivity index (χ1v) is 8.44. The molecule has 2 rings (SSSR count). The van der Waals surface area contributed by atoms with Gasteiger partial charge in [-0.25, -0.2) is 0 Å². The van der Waals surface area contributed by atoms with Crippen molar-refractivity contribution in [2.45, 2.75) is 28.5 Å². The van der Waals surface area contributed by atoms with Crippen molar-refractivity contribution in [2.24, 2.45) is 0 Å². The highest BCUT2D eigenvalue weighted by Gasteiger charge is 2.55. The third-order valence-electron chi connectivity index (χ3n) is 3.47. The van der Waals surface area contributed by atoms with Crippen LogP contribution in [0.4, 0.5) is 24.5 Å². The number of para-hydroxylation sites is 1. The van der Waals surface area contributed by atoms with Gasteiger partial charge in [-0.15, -0.1) is 0 Å². The lowest BCUT2D eigenvalue weighted by molar-refractivity contribution is -0.387. The van der Waals surface area contributed by atoms with E-state index in [1.807, 2.05) is 5.32 Å². The molecule has 144 valence electrons. The topological polar surface area (TPSA) is 92.5 Å². The Balaban J connectivity index is 2.22. The summed E-state index contributed by atoms with van der Waals surface area (Å²) in [6, 6.07) is 9.99. The van der Waals surface area contributed by atoms with Crippen molar-refractivity contribution in [3.05, 3.63) is 57.6 Å². The quantitative estimate of drug-likeness (QED) is 0.542. The van der Waals surface area contributed by atoms with Crippen LogP contribution in [0, 0.1) is 10.1 Å². The number of carbonyl (C=O) groups excluding carboxylic acids is 1. The number of aliphatic hydroxyl groups is 1. The molecule has 2 aromatic carbocycles. The van der Waals surface area contributed by atoms with E-state index in [2.05, 4.69) is 0 Å². The van der Waals surface area contributed by atoms with Crippen molar-refractivity contribution < 1.29 is 28.0 Å². The minimum atomic E-state index is -5.16. The second-order valence-corrected chi connectivity index (χ2v) is 7.02. The van der Waals surface area contributed by atoms with Crippen LogP contribution in [0.2, 0.25) is 5.02 Å². The molecule has 0 aliphatic carbocycles. The smallest absolute Gasteiger partial charge is 0.373 e. The average molecular weight is 421 g/mol. The molecule has 0 saturated carbocycles. The van der Waals surface area contributed by atoms with E-state index in [4.69, 9.17) is 11.6 Å². The highest BCUT2D eigenvalue weighted by Crippen LogP contribution is 2.38. The zero-order valence-corrected chi connectivity index (χ0v) is 15.2. The van der Waals surface area contributed by atoms with Crippen LogP contribution in [0.5, 0.6) is 0 Å². The molecule has 11 heteroatoms. The van der Waals surface area contributed by atoms with Crippen LogP contribution in [-0.4, -0.2) is 27.7 Å². The predicted molar refractivity (Wildman–Crippen MR) is 94.0 cm³/mol. The van der Waals surface area contributed by atoms with Gasteiger partial charge in [0.25, 0.3) is 11.6 Å². The van der Waals surface area contributed by atoms with Crippen LogP contribution in [0.15, 0.2) is 52.3 Å². The zero-order chi connectivity index (χ0) is 20.4. The number of nitro groups is 1. The standard InChI is InChI=1S/C16H12ClF3N2O4S/c1-15(24,16(18,19)20)14(23)21-11-7-6-9(8-10(11)17)27-13-5-3-2-4-12(13)22(25)26/h2-8,24H,1H3,(H,21,23). The van der Waals surface area contributed by atoms with Crippen LogP contribution in [-0.2, 0) is 4.79 Å². The van der Waals surface area contributed by atoms with Gasteiger partial charge in [-0.2, -0.15) is 13.2 Å². The van der Waals surface area contributed by atoms with E-state index in [1.54, 1.807) is 6.07 Å². The number of rotatable bonds is 5. The van der Waals surface area contributed by atoms with Crippen LogP contribution in [0.1, 0.15) is 6.92 Å². The first-order chi connectivity index (χ1) is 12.4. The van der Waals surface area contributed by atoms with E-state index >= 15 is 0 Å². The third kappa shape index (κ3) is 4.71. The first kappa shape index (κ1) is 21.0. The van der Waals surface area contributed by atoms with Gasteiger partial charge in [0, 0.05) is 11.0 Å². The molecule has 0 aromatic heterocycles. The number of hydrogen-bond donors (Lipinski definition) is 2. The highest BCUT2D eigenvalue weighted by molar-refractivity contribution is 7.99. The number of nitrogens with zero attached hydrogens (tertiary/aromatic N) is 1. The molecule has 2 N–H and O–H groups in total. The van der Waals surface area contributed by atoms with Crippen LogP contribution in [0.25, 0.3) is 0 Å². The molecular formula is C16H12ClF3N2O4S. The summed E-state index contributed by atoms with van der Waals surface area (Å²) in [5.41, 5.74) is -3.84. The second kappa shape index (κ2) is 7.75. The molecule has 1 unspecified atom stereocenters. The molecule has 27 heavy (non-hydrogen) atoms. The summed E-state index contributed by atoms with van der Waals surface area (Å²) in [6.45, 7) is 0.328. The monoisotopic (exact) mass is 420 g/mol. The highest BCUT2D eigenvalue weighted by atomic mass is 35.5. The summed E-state index contributed by atoms with van der Waals surface area (Å²) in [4.78, 5) is 23.0. The van der Waals surface area contributed by atoms with E-state index in [9.17, 15) is 33.2 Å². The van der Waals surface area contributed by atoms with E-state index in [0.717, 1.165) is 11.8 Å². The summed E-state index contributed by atoms with van der Waals surface area (Å²) in [7, 11) is 0. The molecule has 2 aromatic rings. The van der Waals surface area contributed by atoms with Crippen molar-refractivity contribution in [2.75, 3.05) is 5.32 Å². The van der Waals surface area contributed by atoms with Gasteiger partial charge in [-0.1, -0.05) is 35.5 Å². The number of anilines is 1. The summed E-state index contributed by atoms with van der Waals surface area (Å²) >= 11 is 7.01. The maximum atomic E-state index is 12.7. The zero-order valence-electron chi connectivity index (χ0n) is 13.6. The number of amides is 1. The molecule has 6 nitrogen and oxygen atoms in total. The lowest BCUT2D eigenvalue weighted by atomic mass is 10.1. The van der Waals surface area contributed by atoms with Gasteiger partial charge in [-0.3, -0.25) is 14.9 Å². The number of nitro benzene ring substituents is 1. The molecule has 0 aliphatic heterocycles. The summed E-state index contributed by atoms with van der Waals surface area (Å²) in [5.74, 6) is -1.68. The Morgan fingerprint density at radius 2 is 1.89 bits per heavy atom. The Morgan fingerprint density at radius 3 is 2.44 bits per heavy atom. The Hall–Kier alpha value is -2.30. The maximum Gasteiger partial charge on any atom is 0.426 e. The first-order valence-electron chi connectivity index (χ1n) is 7.25. The number of nitrogens with one attached hydrogen (secondary N) is 1. The van der Waals surface area contributed by atoms with E-state index < -0.39 is 22.6 Å². The fourth-order valence-corrected chi connectivity index (χ4v) is 3.11. The van der Waals surface area contributed by atoms with Crippen molar-refractivity contribution in [1.82, 2.24) is 0 Å². The number of benzene rings is 2. The van der Waals surface area contributed by atoms with Gasteiger partial charge in [0.2, 0.25) is 5.60 Å². The molecule has 1 atom stereocenters. The van der Waals surface area contributed by atoms with E-state index in [-0.39, 0.29) is 16.4 Å². The molecule has 0 spiro atoms. The van der Waals surface area contributed by atoms with Crippen molar-refractivity contribution >= 4 is 40.6 Å². The number of carbonyl (C=O) groups is 1. The van der Waals surface area contributed by atoms with Gasteiger partial charge in [0.05, 0.1) is 20.5 Å². The molecule has 0 saturated heterocycles. The Kier molecular flexibility index (Phi) is 6.03. The lowest BCUT2D eigenvalue weighted by Crippen LogP contribution is -2.52.